The quantitative estimate of drug-likeness (QED) is 0.805. The van der Waals surface area contributed by atoms with Gasteiger partial charge in [-0.05, 0) is 26.2 Å². The third-order valence-corrected chi connectivity index (χ3v) is 2.63. The van der Waals surface area contributed by atoms with Gasteiger partial charge in [0, 0.05) is 12.7 Å². The summed E-state index contributed by atoms with van der Waals surface area (Å²) in [7, 11) is 0. The van der Waals surface area contributed by atoms with Crippen molar-refractivity contribution in [3.63, 3.8) is 0 Å². The Morgan fingerprint density at radius 2 is 2.06 bits per heavy atom. The van der Waals surface area contributed by atoms with Crippen molar-refractivity contribution >= 4 is 17.4 Å². The van der Waals surface area contributed by atoms with E-state index in [1.165, 1.54) is 0 Å². The lowest BCUT2D eigenvalue weighted by Gasteiger charge is -2.14. The zero-order valence-electron chi connectivity index (χ0n) is 10.4. The number of aromatic nitrogens is 2. The van der Waals surface area contributed by atoms with E-state index in [1.54, 1.807) is 6.20 Å². The Bertz CT molecular complexity index is 339. The summed E-state index contributed by atoms with van der Waals surface area (Å²) in [6.45, 7) is 8.96. The number of alkyl halides is 1. The molecule has 0 radical (unpaired) electrons. The molecule has 1 atom stereocenters. The molecule has 0 fully saturated rings. The van der Waals surface area contributed by atoms with E-state index in [0.717, 1.165) is 30.2 Å². The van der Waals surface area contributed by atoms with Crippen LogP contribution in [0.1, 0.15) is 31.7 Å². The average molecular weight is 242 g/mol. The first-order valence-electron chi connectivity index (χ1n) is 5.67. The first-order chi connectivity index (χ1) is 7.49. The summed E-state index contributed by atoms with van der Waals surface area (Å²) < 4.78 is 0. The number of nitrogens with zero attached hydrogens (tertiary/aromatic N) is 2. The third kappa shape index (κ3) is 4.35. The number of aryl methyl sites for hydroxylation is 2. The van der Waals surface area contributed by atoms with Crippen molar-refractivity contribution in [3.8, 4) is 0 Å². The topological polar surface area (TPSA) is 37.8 Å². The van der Waals surface area contributed by atoms with Crippen molar-refractivity contribution in [3.05, 3.63) is 17.6 Å². The van der Waals surface area contributed by atoms with Gasteiger partial charge in [-0.2, -0.15) is 0 Å². The molecule has 0 amide bonds. The van der Waals surface area contributed by atoms with Gasteiger partial charge >= 0.3 is 0 Å². The monoisotopic (exact) mass is 241 g/mol. The smallest absolute Gasteiger partial charge is 0.147 e. The first-order valence-corrected chi connectivity index (χ1v) is 6.11. The lowest BCUT2D eigenvalue weighted by molar-refractivity contribution is 0.572. The van der Waals surface area contributed by atoms with Crippen LogP contribution in [0.2, 0.25) is 0 Å². The van der Waals surface area contributed by atoms with Gasteiger partial charge in [-0.1, -0.05) is 13.8 Å². The number of anilines is 1. The lowest BCUT2D eigenvalue weighted by Crippen LogP contribution is -2.17. The Labute approximate surface area is 103 Å². The van der Waals surface area contributed by atoms with Crippen molar-refractivity contribution in [2.45, 2.75) is 39.5 Å². The van der Waals surface area contributed by atoms with E-state index in [9.17, 15) is 0 Å². The molecule has 0 aliphatic carbocycles. The van der Waals surface area contributed by atoms with Crippen LogP contribution in [0.3, 0.4) is 0 Å². The van der Waals surface area contributed by atoms with Gasteiger partial charge in [-0.15, -0.1) is 11.6 Å². The summed E-state index contributed by atoms with van der Waals surface area (Å²) >= 11 is 6.21. The number of nitrogens with one attached hydrogen (secondary N) is 1. The van der Waals surface area contributed by atoms with E-state index in [2.05, 4.69) is 29.1 Å². The maximum Gasteiger partial charge on any atom is 0.147 e. The highest BCUT2D eigenvalue weighted by Crippen LogP contribution is 2.13. The predicted molar refractivity (Wildman–Crippen MR) is 69.1 cm³/mol. The van der Waals surface area contributed by atoms with Crippen LogP contribution in [0.15, 0.2) is 6.20 Å². The van der Waals surface area contributed by atoms with Gasteiger partial charge in [0.05, 0.1) is 16.8 Å². The molecular formula is C12H20ClN3. The molecule has 0 saturated carbocycles. The second-order valence-electron chi connectivity index (χ2n) is 4.55. The maximum absolute atomic E-state index is 6.21. The number of halogens is 1. The maximum atomic E-state index is 6.21. The molecule has 4 heteroatoms. The van der Waals surface area contributed by atoms with Gasteiger partial charge in [-0.25, -0.2) is 4.98 Å². The van der Waals surface area contributed by atoms with E-state index in [0.29, 0.717) is 5.92 Å². The van der Waals surface area contributed by atoms with Gasteiger partial charge in [-0.3, -0.25) is 4.98 Å². The molecule has 0 aromatic carbocycles. The van der Waals surface area contributed by atoms with Crippen molar-refractivity contribution in [1.82, 2.24) is 9.97 Å². The fourth-order valence-corrected chi connectivity index (χ4v) is 1.94. The van der Waals surface area contributed by atoms with Gasteiger partial charge in [0.15, 0.2) is 0 Å². The second kappa shape index (κ2) is 6.04. The number of rotatable bonds is 5. The fourth-order valence-electron chi connectivity index (χ4n) is 1.51. The summed E-state index contributed by atoms with van der Waals surface area (Å²) in [4.78, 5) is 8.64. The molecule has 1 aromatic rings. The van der Waals surface area contributed by atoms with E-state index in [1.807, 2.05) is 13.8 Å². The lowest BCUT2D eigenvalue weighted by atomic mass is 10.1. The average Bonchev–Trinajstić information content (AvgIpc) is 2.18. The molecule has 1 aromatic heterocycles. The molecule has 0 bridgehead atoms. The van der Waals surface area contributed by atoms with Crippen molar-refractivity contribution in [1.29, 1.82) is 0 Å². The normalized spacial score (nSPS) is 12.9. The van der Waals surface area contributed by atoms with Crippen molar-refractivity contribution < 1.29 is 0 Å². The number of hydrogen-bond donors (Lipinski definition) is 1. The fraction of sp³-hybridized carbons (Fsp3) is 0.667. The van der Waals surface area contributed by atoms with Crippen LogP contribution in [0.4, 0.5) is 5.82 Å². The molecule has 3 nitrogen and oxygen atoms in total. The third-order valence-electron chi connectivity index (χ3n) is 2.29. The minimum absolute atomic E-state index is 0.140. The Hall–Kier alpha value is -0.830. The Morgan fingerprint density at radius 1 is 1.38 bits per heavy atom. The molecule has 1 rings (SSSR count). The van der Waals surface area contributed by atoms with Gasteiger partial charge in [0.2, 0.25) is 0 Å². The molecule has 16 heavy (non-hydrogen) atoms. The molecule has 1 heterocycles. The zero-order valence-corrected chi connectivity index (χ0v) is 11.2. The molecule has 90 valence electrons. The van der Waals surface area contributed by atoms with Gasteiger partial charge < -0.3 is 5.32 Å². The Morgan fingerprint density at radius 3 is 2.69 bits per heavy atom. The zero-order chi connectivity index (χ0) is 12.1. The van der Waals surface area contributed by atoms with Crippen LogP contribution in [0.5, 0.6) is 0 Å². The van der Waals surface area contributed by atoms with E-state index < -0.39 is 0 Å². The summed E-state index contributed by atoms with van der Waals surface area (Å²) in [6, 6.07) is 0. The minimum Gasteiger partial charge on any atom is -0.367 e. The largest absolute Gasteiger partial charge is 0.367 e. The predicted octanol–water partition coefficient (Wildman–Crippen LogP) is 3.16. The molecule has 1 unspecified atom stereocenters. The number of hydrogen-bond acceptors (Lipinski definition) is 3. The van der Waals surface area contributed by atoms with E-state index in [4.69, 9.17) is 11.6 Å². The van der Waals surface area contributed by atoms with Crippen molar-refractivity contribution in [2.24, 2.45) is 5.92 Å². The molecular weight excluding hydrogens is 222 g/mol. The van der Waals surface area contributed by atoms with Crippen LogP contribution in [0.25, 0.3) is 0 Å². The Kier molecular flexibility index (Phi) is 5.00. The van der Waals surface area contributed by atoms with Gasteiger partial charge in [0.1, 0.15) is 5.82 Å². The molecule has 1 N–H and O–H groups in total. The molecule has 0 aliphatic rings. The van der Waals surface area contributed by atoms with Crippen LogP contribution in [0, 0.1) is 19.8 Å². The summed E-state index contributed by atoms with van der Waals surface area (Å²) in [6.07, 6.45) is 2.78. The minimum atomic E-state index is 0.140. The van der Waals surface area contributed by atoms with Crippen LogP contribution >= 0.6 is 11.6 Å². The highest BCUT2D eigenvalue weighted by molar-refractivity contribution is 6.20. The molecule has 0 saturated heterocycles. The summed E-state index contributed by atoms with van der Waals surface area (Å²) in [5.41, 5.74) is 1.84. The van der Waals surface area contributed by atoms with Crippen LogP contribution < -0.4 is 5.32 Å². The van der Waals surface area contributed by atoms with Crippen molar-refractivity contribution in [2.75, 3.05) is 11.9 Å². The van der Waals surface area contributed by atoms with E-state index >= 15 is 0 Å². The standard InChI is InChI=1S/C12H20ClN3/c1-8(2)5-11(13)7-15-12-10(4)14-6-9(3)16-12/h6,8,11H,5,7H2,1-4H3,(H,15,16). The highest BCUT2D eigenvalue weighted by atomic mass is 35.5. The van der Waals surface area contributed by atoms with Gasteiger partial charge in [0.25, 0.3) is 0 Å². The molecule has 0 spiro atoms. The van der Waals surface area contributed by atoms with Crippen LogP contribution in [-0.2, 0) is 0 Å². The summed E-state index contributed by atoms with van der Waals surface area (Å²) in [5, 5.41) is 3.39. The first kappa shape index (κ1) is 13.2. The Balaban J connectivity index is 2.51. The second-order valence-corrected chi connectivity index (χ2v) is 5.17. The molecule has 0 aliphatic heterocycles. The van der Waals surface area contributed by atoms with Crippen LogP contribution in [-0.4, -0.2) is 21.9 Å². The highest BCUT2D eigenvalue weighted by Gasteiger charge is 2.08. The summed E-state index contributed by atoms with van der Waals surface area (Å²) in [5.74, 6) is 1.46. The van der Waals surface area contributed by atoms with E-state index in [-0.39, 0.29) is 5.38 Å². The SMILES string of the molecule is Cc1cnc(C)c(NCC(Cl)CC(C)C)n1.